The Kier molecular flexibility index (Phi) is 5.84. The van der Waals surface area contributed by atoms with Crippen molar-refractivity contribution in [3.8, 4) is 11.8 Å². The van der Waals surface area contributed by atoms with E-state index in [1.54, 1.807) is 20.2 Å². The molecule has 2 aromatic heterocycles. The first-order valence-electron chi connectivity index (χ1n) is 8.91. The summed E-state index contributed by atoms with van der Waals surface area (Å²) in [5.41, 5.74) is 0.536. The average molecular weight is 376 g/mol. The minimum absolute atomic E-state index is 0.0745. The molecular formula is C17H24N6O4. The van der Waals surface area contributed by atoms with Gasteiger partial charge in [0.15, 0.2) is 0 Å². The Morgan fingerprint density at radius 2 is 2.07 bits per heavy atom. The lowest BCUT2D eigenvalue weighted by atomic mass is 9.94. The quantitative estimate of drug-likeness (QED) is 0.535. The maximum atomic E-state index is 11.8. The molecule has 0 aromatic carbocycles. The summed E-state index contributed by atoms with van der Waals surface area (Å²) in [5, 5.41) is 15.9. The number of aryl methyl sites for hydroxylation is 2. The molecule has 1 aliphatic heterocycles. The predicted octanol–water partition coefficient (Wildman–Crippen LogP) is 2.47. The van der Waals surface area contributed by atoms with Crippen LogP contribution in [0.5, 0.6) is 11.8 Å². The van der Waals surface area contributed by atoms with Crippen molar-refractivity contribution in [2.75, 3.05) is 31.7 Å². The van der Waals surface area contributed by atoms with Gasteiger partial charge in [-0.25, -0.2) is 9.67 Å². The zero-order valence-electron chi connectivity index (χ0n) is 15.8. The molecule has 146 valence electrons. The Bertz CT molecular complexity index is 801. The van der Waals surface area contributed by atoms with Crippen LogP contribution in [0.1, 0.15) is 25.0 Å². The molecule has 0 spiro atoms. The van der Waals surface area contributed by atoms with Gasteiger partial charge < -0.3 is 14.4 Å². The van der Waals surface area contributed by atoms with Crippen LogP contribution in [0, 0.1) is 23.0 Å². The molecule has 1 saturated heterocycles. The van der Waals surface area contributed by atoms with E-state index in [9.17, 15) is 10.1 Å². The van der Waals surface area contributed by atoms with Crippen LogP contribution >= 0.6 is 0 Å². The van der Waals surface area contributed by atoms with Gasteiger partial charge in [-0.1, -0.05) is 0 Å². The van der Waals surface area contributed by atoms with Gasteiger partial charge in [0.1, 0.15) is 6.33 Å². The number of nitro groups is 1. The van der Waals surface area contributed by atoms with E-state index in [1.165, 1.54) is 11.0 Å². The molecule has 0 radical (unpaired) electrons. The molecule has 0 unspecified atom stereocenters. The fourth-order valence-electron chi connectivity index (χ4n) is 3.32. The van der Waals surface area contributed by atoms with Crippen LogP contribution in [0.15, 0.2) is 12.4 Å². The monoisotopic (exact) mass is 376 g/mol. The zero-order valence-corrected chi connectivity index (χ0v) is 15.8. The normalized spacial score (nSPS) is 15.1. The maximum Gasteiger partial charge on any atom is 0.373 e. The predicted molar refractivity (Wildman–Crippen MR) is 98.1 cm³/mol. The van der Waals surface area contributed by atoms with Crippen molar-refractivity contribution in [1.82, 2.24) is 19.7 Å². The topological polar surface area (TPSA) is 108 Å². The van der Waals surface area contributed by atoms with Gasteiger partial charge in [0.25, 0.3) is 0 Å². The van der Waals surface area contributed by atoms with Crippen LogP contribution in [0.2, 0.25) is 0 Å². The Morgan fingerprint density at radius 3 is 2.67 bits per heavy atom. The van der Waals surface area contributed by atoms with Crippen molar-refractivity contribution in [2.24, 2.45) is 13.0 Å². The smallest absolute Gasteiger partial charge is 0.373 e. The fraction of sp³-hybridized carbons (Fsp3) is 0.588. The van der Waals surface area contributed by atoms with Crippen molar-refractivity contribution in [3.63, 3.8) is 0 Å². The number of ether oxygens (including phenoxy) is 2. The number of rotatable bonds is 7. The number of piperidine rings is 1. The Morgan fingerprint density at radius 1 is 1.33 bits per heavy atom. The highest BCUT2D eigenvalue weighted by Crippen LogP contribution is 2.37. The van der Waals surface area contributed by atoms with Crippen molar-refractivity contribution < 1.29 is 14.4 Å². The minimum Gasteiger partial charge on any atom is -0.415 e. The lowest BCUT2D eigenvalue weighted by Crippen LogP contribution is -2.35. The van der Waals surface area contributed by atoms with E-state index < -0.39 is 4.92 Å². The van der Waals surface area contributed by atoms with Crippen LogP contribution in [0.4, 0.5) is 11.5 Å². The van der Waals surface area contributed by atoms with Gasteiger partial charge in [-0.15, -0.1) is 0 Å². The fourth-order valence-corrected chi connectivity index (χ4v) is 3.32. The Labute approximate surface area is 157 Å². The summed E-state index contributed by atoms with van der Waals surface area (Å²) < 4.78 is 12.4. The number of hydrogen-bond donors (Lipinski definition) is 0. The molecule has 3 rings (SSSR count). The van der Waals surface area contributed by atoms with Crippen LogP contribution in [0.3, 0.4) is 0 Å². The SMILES string of the molecule is COCCC1CCN(c2ncnc(Oc3cc(C)nn3C)c2[N+](=O)[O-])CC1. The summed E-state index contributed by atoms with van der Waals surface area (Å²) >= 11 is 0. The highest BCUT2D eigenvalue weighted by molar-refractivity contribution is 5.63. The Balaban J connectivity index is 1.82. The first-order chi connectivity index (χ1) is 13.0. The highest BCUT2D eigenvalue weighted by atomic mass is 16.6. The highest BCUT2D eigenvalue weighted by Gasteiger charge is 2.31. The first kappa shape index (κ1) is 19.0. The van der Waals surface area contributed by atoms with E-state index in [2.05, 4.69) is 15.1 Å². The van der Waals surface area contributed by atoms with E-state index in [-0.39, 0.29) is 11.6 Å². The number of anilines is 1. The van der Waals surface area contributed by atoms with Gasteiger partial charge in [0.2, 0.25) is 11.7 Å². The second-order valence-electron chi connectivity index (χ2n) is 6.67. The number of hydrogen-bond acceptors (Lipinski definition) is 8. The van der Waals surface area contributed by atoms with Crippen molar-refractivity contribution in [3.05, 3.63) is 28.2 Å². The summed E-state index contributed by atoms with van der Waals surface area (Å²) in [5.74, 6) is 1.18. The molecule has 1 aliphatic rings. The average Bonchev–Trinajstić information content (AvgIpc) is 2.97. The maximum absolute atomic E-state index is 11.8. The van der Waals surface area contributed by atoms with Gasteiger partial charge in [0.05, 0.1) is 10.6 Å². The van der Waals surface area contributed by atoms with E-state index in [0.717, 1.165) is 31.6 Å². The van der Waals surface area contributed by atoms with Crippen LogP contribution in [0.25, 0.3) is 0 Å². The lowest BCUT2D eigenvalue weighted by molar-refractivity contribution is -0.385. The van der Waals surface area contributed by atoms with E-state index in [4.69, 9.17) is 9.47 Å². The molecule has 0 saturated carbocycles. The van der Waals surface area contributed by atoms with Crippen molar-refractivity contribution >= 4 is 11.5 Å². The molecule has 27 heavy (non-hydrogen) atoms. The molecule has 0 N–H and O–H groups in total. The lowest BCUT2D eigenvalue weighted by Gasteiger charge is -2.32. The molecule has 0 amide bonds. The van der Waals surface area contributed by atoms with Crippen molar-refractivity contribution in [2.45, 2.75) is 26.2 Å². The summed E-state index contributed by atoms with van der Waals surface area (Å²) in [6.07, 6.45) is 4.20. The molecule has 0 atom stereocenters. The molecule has 0 aliphatic carbocycles. The number of nitrogens with zero attached hydrogens (tertiary/aromatic N) is 6. The molecule has 3 heterocycles. The van der Waals surface area contributed by atoms with Crippen LogP contribution in [-0.2, 0) is 11.8 Å². The third-order valence-corrected chi connectivity index (χ3v) is 4.76. The standard InChI is InChI=1S/C17H24N6O4/c1-12-10-14(21(2)20-12)27-17-15(23(24)25)16(18-11-19-17)22-7-4-13(5-8-22)6-9-26-3/h10-11,13H,4-9H2,1-3H3. The molecule has 10 nitrogen and oxygen atoms in total. The second-order valence-corrected chi connectivity index (χ2v) is 6.67. The summed E-state index contributed by atoms with van der Waals surface area (Å²) in [7, 11) is 3.41. The summed E-state index contributed by atoms with van der Waals surface area (Å²) in [6, 6.07) is 1.70. The summed E-state index contributed by atoms with van der Waals surface area (Å²) in [4.78, 5) is 21.4. The Hall–Kier alpha value is -2.75. The third kappa shape index (κ3) is 4.33. The van der Waals surface area contributed by atoms with Crippen LogP contribution < -0.4 is 9.64 Å². The van der Waals surface area contributed by atoms with E-state index in [0.29, 0.717) is 30.7 Å². The molecule has 1 fully saturated rings. The first-order valence-corrected chi connectivity index (χ1v) is 8.91. The van der Waals surface area contributed by atoms with E-state index >= 15 is 0 Å². The van der Waals surface area contributed by atoms with Gasteiger partial charge in [-0.05, 0) is 32.1 Å². The molecule has 2 aromatic rings. The molecular weight excluding hydrogens is 352 g/mol. The van der Waals surface area contributed by atoms with E-state index in [1.807, 2.05) is 11.8 Å². The largest absolute Gasteiger partial charge is 0.415 e. The van der Waals surface area contributed by atoms with Gasteiger partial charge in [-0.2, -0.15) is 10.1 Å². The number of aromatic nitrogens is 4. The zero-order chi connectivity index (χ0) is 19.4. The van der Waals surface area contributed by atoms with Crippen LogP contribution in [-0.4, -0.2) is 51.5 Å². The second kappa shape index (κ2) is 8.30. The van der Waals surface area contributed by atoms with Gasteiger partial charge in [0, 0.05) is 39.9 Å². The summed E-state index contributed by atoms with van der Waals surface area (Å²) in [6.45, 7) is 3.97. The minimum atomic E-state index is -0.481. The molecule has 10 heteroatoms. The third-order valence-electron chi connectivity index (χ3n) is 4.76. The number of methoxy groups -OCH3 is 1. The van der Waals surface area contributed by atoms with Gasteiger partial charge in [-0.3, -0.25) is 10.1 Å². The van der Waals surface area contributed by atoms with Crippen molar-refractivity contribution in [1.29, 1.82) is 0 Å². The molecule has 0 bridgehead atoms. The van der Waals surface area contributed by atoms with Gasteiger partial charge >= 0.3 is 11.6 Å².